The number of hydrogen-bond donors (Lipinski definition) is 0. The molecule has 0 N–H and O–H groups in total. The fraction of sp³-hybridized carbons (Fsp3) is 0.304. The molecule has 0 bridgehead atoms. The second-order valence-corrected chi connectivity index (χ2v) is 7.89. The minimum atomic E-state index is -4.88. The van der Waals surface area contributed by atoms with Gasteiger partial charge in [-0.2, -0.15) is 18.3 Å². The number of ether oxygens (including phenoxy) is 1. The summed E-state index contributed by atoms with van der Waals surface area (Å²) >= 11 is 0. The second-order valence-electron chi connectivity index (χ2n) is 7.89. The number of aromatic nitrogens is 2. The van der Waals surface area contributed by atoms with Crippen LogP contribution in [0.1, 0.15) is 17.7 Å². The largest absolute Gasteiger partial charge is 0.437 e. The van der Waals surface area contributed by atoms with Crippen molar-refractivity contribution in [2.45, 2.75) is 25.2 Å². The molecule has 1 saturated heterocycles. The Morgan fingerprint density at radius 3 is 2.64 bits per heavy atom. The summed E-state index contributed by atoms with van der Waals surface area (Å²) < 4.78 is 60.5. The Hall–Kier alpha value is -3.40. The van der Waals surface area contributed by atoms with Crippen LogP contribution < -0.4 is 4.74 Å². The summed E-state index contributed by atoms with van der Waals surface area (Å²) in [6.07, 6.45) is -4.30. The second kappa shape index (κ2) is 9.22. The Balaban J connectivity index is 1.47. The van der Waals surface area contributed by atoms with Crippen LogP contribution in [0.15, 0.2) is 60.8 Å². The minimum absolute atomic E-state index is 0.134. The average molecular weight is 462 g/mol. The summed E-state index contributed by atoms with van der Waals surface area (Å²) in [6.45, 7) is 2.05. The van der Waals surface area contributed by atoms with E-state index in [2.05, 4.69) is 10.00 Å². The molecular formula is C23H22F4N4O2. The van der Waals surface area contributed by atoms with Crippen LogP contribution in [0.5, 0.6) is 5.75 Å². The molecule has 174 valence electrons. The fourth-order valence-electron chi connectivity index (χ4n) is 3.90. The molecule has 0 radical (unpaired) electrons. The normalized spacial score (nSPS) is 16.7. The highest BCUT2D eigenvalue weighted by molar-refractivity contribution is 5.71. The Bertz CT molecular complexity index is 1120. The van der Waals surface area contributed by atoms with Crippen molar-refractivity contribution >= 4 is 6.09 Å². The molecule has 3 aromatic rings. The Morgan fingerprint density at radius 2 is 1.94 bits per heavy atom. The molecule has 0 aliphatic carbocycles. The number of likely N-dealkylation sites (N-methyl/N-ethyl adjacent to an activating group) is 1. The maximum Gasteiger partial charge on any atom is 0.437 e. The maximum atomic E-state index is 13.8. The lowest BCUT2D eigenvalue weighted by Crippen LogP contribution is -2.40. The van der Waals surface area contributed by atoms with Crippen LogP contribution in [0.2, 0.25) is 0 Å². The van der Waals surface area contributed by atoms with Gasteiger partial charge in [-0.1, -0.05) is 36.4 Å². The summed E-state index contributed by atoms with van der Waals surface area (Å²) in [5.41, 5.74) is -0.278. The van der Waals surface area contributed by atoms with Crippen LogP contribution in [0, 0.1) is 5.82 Å². The van der Waals surface area contributed by atoms with E-state index in [1.807, 2.05) is 30.3 Å². The molecule has 1 unspecified atom stereocenters. The molecule has 33 heavy (non-hydrogen) atoms. The van der Waals surface area contributed by atoms with E-state index in [0.29, 0.717) is 17.6 Å². The molecule has 1 aromatic heterocycles. The van der Waals surface area contributed by atoms with Crippen molar-refractivity contribution in [1.82, 2.24) is 19.6 Å². The number of carbonyl (C=O) groups excluding carboxylic acids is 1. The lowest BCUT2D eigenvalue weighted by atomic mass is 10.2. The van der Waals surface area contributed by atoms with Crippen molar-refractivity contribution in [1.29, 1.82) is 0 Å². The van der Waals surface area contributed by atoms with Gasteiger partial charge in [0.1, 0.15) is 5.82 Å². The highest BCUT2D eigenvalue weighted by atomic mass is 19.4. The van der Waals surface area contributed by atoms with Crippen molar-refractivity contribution < 1.29 is 27.1 Å². The molecule has 1 aliphatic heterocycles. The lowest BCUT2D eigenvalue weighted by molar-refractivity contribution is -0.143. The molecule has 6 nitrogen and oxygen atoms in total. The quantitative estimate of drug-likeness (QED) is 0.515. The summed E-state index contributed by atoms with van der Waals surface area (Å²) in [5, 5.41) is 3.69. The van der Waals surface area contributed by atoms with E-state index in [-0.39, 0.29) is 11.7 Å². The number of halogens is 4. The van der Waals surface area contributed by atoms with Gasteiger partial charge in [0.15, 0.2) is 11.4 Å². The molecule has 10 heteroatoms. The van der Waals surface area contributed by atoms with Gasteiger partial charge in [-0.15, -0.1) is 0 Å². The molecule has 1 aliphatic rings. The van der Waals surface area contributed by atoms with Gasteiger partial charge >= 0.3 is 12.3 Å². The molecule has 1 atom stereocenters. The molecule has 0 saturated carbocycles. The van der Waals surface area contributed by atoms with Crippen molar-refractivity contribution in [3.63, 3.8) is 0 Å². The van der Waals surface area contributed by atoms with Crippen LogP contribution >= 0.6 is 0 Å². The summed E-state index contributed by atoms with van der Waals surface area (Å²) in [4.78, 5) is 16.1. The van der Waals surface area contributed by atoms with E-state index in [4.69, 9.17) is 4.74 Å². The third kappa shape index (κ3) is 5.16. The van der Waals surface area contributed by atoms with Gasteiger partial charge in [0, 0.05) is 32.7 Å². The first kappa shape index (κ1) is 22.8. The SMILES string of the molecule is CN(C(=O)Oc1cnn(-c2cccc(F)c2)c1C(F)(F)F)C1CCN(Cc2ccccc2)C1. The van der Waals surface area contributed by atoms with Crippen molar-refractivity contribution in [3.8, 4) is 11.4 Å². The number of likely N-dealkylation sites (tertiary alicyclic amines) is 1. The maximum absolute atomic E-state index is 13.8. The predicted molar refractivity (Wildman–Crippen MR) is 112 cm³/mol. The van der Waals surface area contributed by atoms with Crippen molar-refractivity contribution in [2.75, 3.05) is 20.1 Å². The van der Waals surface area contributed by atoms with Gasteiger partial charge in [-0.3, -0.25) is 4.90 Å². The lowest BCUT2D eigenvalue weighted by Gasteiger charge is -2.24. The predicted octanol–water partition coefficient (Wildman–Crippen LogP) is 4.74. The van der Waals surface area contributed by atoms with Gasteiger partial charge in [-0.05, 0) is 30.2 Å². The van der Waals surface area contributed by atoms with E-state index >= 15 is 0 Å². The average Bonchev–Trinajstić information content (AvgIpc) is 3.41. The standard InChI is InChI=1S/C23H22F4N4O2/c1-29(19-10-11-30(15-19)14-16-6-3-2-4-7-16)22(32)33-20-13-28-31(21(20)23(25,26)27)18-9-5-8-17(24)12-18/h2-9,12-13,19H,10-11,14-15H2,1H3. The number of rotatable bonds is 5. The van der Waals surface area contributed by atoms with Crippen LogP contribution in [0.4, 0.5) is 22.4 Å². The van der Waals surface area contributed by atoms with E-state index in [9.17, 15) is 22.4 Å². The van der Waals surface area contributed by atoms with Gasteiger partial charge < -0.3 is 9.64 Å². The summed E-state index contributed by atoms with van der Waals surface area (Å²) in [7, 11) is 1.50. The van der Waals surface area contributed by atoms with E-state index in [1.165, 1.54) is 24.1 Å². The first-order valence-electron chi connectivity index (χ1n) is 10.3. The summed E-state index contributed by atoms with van der Waals surface area (Å²) in [5.74, 6) is -1.45. The van der Waals surface area contributed by atoms with Crippen molar-refractivity contribution in [2.24, 2.45) is 0 Å². The van der Waals surface area contributed by atoms with Gasteiger partial charge in [-0.25, -0.2) is 13.9 Å². The fourth-order valence-corrected chi connectivity index (χ4v) is 3.90. The number of carbonyl (C=O) groups is 1. The first-order chi connectivity index (χ1) is 15.7. The van der Waals surface area contributed by atoms with Crippen LogP contribution in [0.3, 0.4) is 0 Å². The third-order valence-electron chi connectivity index (χ3n) is 5.59. The van der Waals surface area contributed by atoms with Gasteiger partial charge in [0.05, 0.1) is 11.9 Å². The Morgan fingerprint density at radius 1 is 1.18 bits per heavy atom. The van der Waals surface area contributed by atoms with Crippen LogP contribution in [-0.2, 0) is 12.7 Å². The number of amides is 1. The van der Waals surface area contributed by atoms with Gasteiger partial charge in [0.25, 0.3) is 0 Å². The smallest absolute Gasteiger partial charge is 0.406 e. The zero-order valence-electron chi connectivity index (χ0n) is 17.8. The minimum Gasteiger partial charge on any atom is -0.406 e. The molecule has 2 aromatic carbocycles. The molecule has 1 fully saturated rings. The number of alkyl halides is 3. The topological polar surface area (TPSA) is 50.6 Å². The summed E-state index contributed by atoms with van der Waals surface area (Å²) in [6, 6.07) is 14.2. The number of hydrogen-bond acceptors (Lipinski definition) is 4. The highest BCUT2D eigenvalue weighted by Gasteiger charge is 2.41. The molecule has 1 amide bonds. The number of nitrogens with zero attached hydrogens (tertiary/aromatic N) is 4. The molecule has 2 heterocycles. The molecular weight excluding hydrogens is 440 g/mol. The van der Waals surface area contributed by atoms with Crippen molar-refractivity contribution in [3.05, 3.63) is 77.9 Å². The van der Waals surface area contributed by atoms with E-state index in [1.54, 1.807) is 0 Å². The first-order valence-corrected chi connectivity index (χ1v) is 10.3. The number of benzene rings is 2. The van der Waals surface area contributed by atoms with Crippen LogP contribution in [-0.4, -0.2) is 51.9 Å². The van der Waals surface area contributed by atoms with Crippen LogP contribution in [0.25, 0.3) is 5.69 Å². The van der Waals surface area contributed by atoms with Gasteiger partial charge in [0.2, 0.25) is 0 Å². The third-order valence-corrected chi connectivity index (χ3v) is 5.59. The molecule has 0 spiro atoms. The van der Waals surface area contributed by atoms with E-state index < -0.39 is 29.5 Å². The zero-order valence-corrected chi connectivity index (χ0v) is 17.8. The Labute approximate surface area is 188 Å². The monoisotopic (exact) mass is 462 g/mol. The zero-order chi connectivity index (χ0) is 23.6. The Kier molecular flexibility index (Phi) is 6.37. The highest BCUT2D eigenvalue weighted by Crippen LogP contribution is 2.38. The molecule has 4 rings (SSSR count). The van der Waals surface area contributed by atoms with E-state index in [0.717, 1.165) is 37.0 Å².